The predicted octanol–water partition coefficient (Wildman–Crippen LogP) is 3.33. The van der Waals surface area contributed by atoms with Gasteiger partial charge in [0.25, 0.3) is 11.8 Å². The Bertz CT molecular complexity index is 925. The standard InChI is InChI=1S/C20H17IN2O4/c1-3-9-27-18-16(21)11-13(12-17(18)26-2)10-15-19(24)22-23(20(15)25)14-7-5-4-6-8-14/h3-8,10-12H,1,9H2,2H3,(H,22,24). The van der Waals surface area contributed by atoms with E-state index in [2.05, 4.69) is 34.6 Å². The van der Waals surface area contributed by atoms with Crippen LogP contribution in [0.3, 0.4) is 0 Å². The molecule has 1 aliphatic heterocycles. The summed E-state index contributed by atoms with van der Waals surface area (Å²) in [5, 5.41) is 1.23. The van der Waals surface area contributed by atoms with Crippen LogP contribution >= 0.6 is 22.6 Å². The lowest BCUT2D eigenvalue weighted by atomic mass is 10.1. The second kappa shape index (κ2) is 8.26. The summed E-state index contributed by atoms with van der Waals surface area (Å²) in [4.78, 5) is 25.0. The topological polar surface area (TPSA) is 67.9 Å². The molecule has 138 valence electrons. The van der Waals surface area contributed by atoms with E-state index in [1.807, 2.05) is 12.1 Å². The SMILES string of the molecule is C=CCOc1c(I)cc(C=C2C(=O)NN(c3ccccc3)C2=O)cc1OC. The Morgan fingerprint density at radius 3 is 2.63 bits per heavy atom. The van der Waals surface area contributed by atoms with Crippen molar-refractivity contribution >= 4 is 46.2 Å². The van der Waals surface area contributed by atoms with E-state index in [9.17, 15) is 9.59 Å². The first kappa shape index (κ1) is 19.0. The molecule has 2 amide bonds. The zero-order chi connectivity index (χ0) is 19.4. The van der Waals surface area contributed by atoms with E-state index in [1.54, 1.807) is 42.5 Å². The molecule has 6 nitrogen and oxygen atoms in total. The van der Waals surface area contributed by atoms with Crippen molar-refractivity contribution in [3.05, 3.63) is 69.8 Å². The lowest BCUT2D eigenvalue weighted by Gasteiger charge is -2.14. The number of methoxy groups -OCH3 is 1. The molecule has 0 radical (unpaired) electrons. The van der Waals surface area contributed by atoms with Gasteiger partial charge in [-0.15, -0.1) is 0 Å². The number of carbonyl (C=O) groups excluding carboxylic acids is 2. The average molecular weight is 476 g/mol. The van der Waals surface area contributed by atoms with Gasteiger partial charge in [-0.3, -0.25) is 15.0 Å². The van der Waals surface area contributed by atoms with Crippen LogP contribution in [-0.2, 0) is 9.59 Å². The maximum atomic E-state index is 12.7. The van der Waals surface area contributed by atoms with E-state index in [4.69, 9.17) is 9.47 Å². The van der Waals surface area contributed by atoms with Crippen LogP contribution in [0, 0.1) is 3.57 Å². The molecule has 2 aromatic carbocycles. The van der Waals surface area contributed by atoms with Crippen molar-refractivity contribution in [2.24, 2.45) is 0 Å². The molecule has 0 atom stereocenters. The molecule has 7 heteroatoms. The molecule has 1 saturated heterocycles. The number of ether oxygens (including phenoxy) is 2. The number of hydrogen-bond acceptors (Lipinski definition) is 4. The summed E-state index contributed by atoms with van der Waals surface area (Å²) in [5.41, 5.74) is 3.89. The third-order valence-corrected chi connectivity index (χ3v) is 4.62. The van der Waals surface area contributed by atoms with Crippen LogP contribution in [0.15, 0.2) is 60.7 Å². The number of hydrazine groups is 1. The average Bonchev–Trinajstić information content (AvgIpc) is 2.95. The number of anilines is 1. The van der Waals surface area contributed by atoms with Crippen molar-refractivity contribution in [1.82, 2.24) is 5.43 Å². The zero-order valence-electron chi connectivity index (χ0n) is 14.6. The Hall–Kier alpha value is -2.81. The van der Waals surface area contributed by atoms with E-state index >= 15 is 0 Å². The number of benzene rings is 2. The smallest absolute Gasteiger partial charge is 0.282 e. The number of carbonyl (C=O) groups is 2. The molecule has 1 fully saturated rings. The van der Waals surface area contributed by atoms with Gasteiger partial charge in [0, 0.05) is 0 Å². The van der Waals surface area contributed by atoms with Crippen molar-refractivity contribution < 1.29 is 19.1 Å². The minimum absolute atomic E-state index is 0.0523. The summed E-state index contributed by atoms with van der Waals surface area (Å²) in [7, 11) is 1.54. The van der Waals surface area contributed by atoms with Crippen LogP contribution in [0.2, 0.25) is 0 Å². The fourth-order valence-corrected chi connectivity index (χ4v) is 3.37. The van der Waals surface area contributed by atoms with Gasteiger partial charge in [-0.05, 0) is 58.5 Å². The number of rotatable bonds is 6. The zero-order valence-corrected chi connectivity index (χ0v) is 16.7. The molecule has 1 heterocycles. The van der Waals surface area contributed by atoms with E-state index < -0.39 is 11.8 Å². The van der Waals surface area contributed by atoms with Crippen LogP contribution in [0.25, 0.3) is 6.08 Å². The van der Waals surface area contributed by atoms with E-state index in [1.165, 1.54) is 12.1 Å². The Labute approximate surface area is 170 Å². The van der Waals surface area contributed by atoms with Gasteiger partial charge in [0.15, 0.2) is 11.5 Å². The second-order valence-electron chi connectivity index (χ2n) is 5.61. The van der Waals surface area contributed by atoms with Crippen molar-refractivity contribution in [2.75, 3.05) is 18.7 Å². The molecule has 0 aromatic heterocycles. The number of hydrogen-bond donors (Lipinski definition) is 1. The van der Waals surface area contributed by atoms with Crippen LogP contribution in [0.5, 0.6) is 11.5 Å². The maximum Gasteiger partial charge on any atom is 0.282 e. The molecule has 0 spiro atoms. The molecule has 0 unspecified atom stereocenters. The highest BCUT2D eigenvalue weighted by molar-refractivity contribution is 14.1. The molecule has 0 saturated carbocycles. The molecule has 1 N–H and O–H groups in total. The van der Waals surface area contributed by atoms with Crippen molar-refractivity contribution in [3.8, 4) is 11.5 Å². The van der Waals surface area contributed by atoms with E-state index in [-0.39, 0.29) is 5.57 Å². The van der Waals surface area contributed by atoms with Crippen LogP contribution < -0.4 is 19.9 Å². The van der Waals surface area contributed by atoms with Crippen molar-refractivity contribution in [3.63, 3.8) is 0 Å². The third-order valence-electron chi connectivity index (χ3n) is 3.81. The lowest BCUT2D eigenvalue weighted by molar-refractivity contribution is -0.117. The van der Waals surface area contributed by atoms with Crippen molar-refractivity contribution in [2.45, 2.75) is 0 Å². The predicted molar refractivity (Wildman–Crippen MR) is 111 cm³/mol. The number of para-hydroxylation sites is 1. The van der Waals surface area contributed by atoms with Gasteiger partial charge in [-0.2, -0.15) is 0 Å². The highest BCUT2D eigenvalue weighted by Crippen LogP contribution is 2.35. The van der Waals surface area contributed by atoms with Gasteiger partial charge in [0.1, 0.15) is 12.2 Å². The summed E-state index contributed by atoms with van der Waals surface area (Å²) in [5.74, 6) is 0.242. The van der Waals surface area contributed by atoms with Gasteiger partial charge in [-0.1, -0.05) is 30.9 Å². The number of nitrogens with one attached hydrogen (secondary N) is 1. The Morgan fingerprint density at radius 1 is 1.22 bits per heavy atom. The van der Waals surface area contributed by atoms with Gasteiger partial charge in [0.05, 0.1) is 16.4 Å². The molecule has 27 heavy (non-hydrogen) atoms. The fraction of sp³-hybridized carbons (Fsp3) is 0.100. The molecule has 1 aliphatic rings. The normalized spacial score (nSPS) is 15.0. The summed E-state index contributed by atoms with van der Waals surface area (Å²) in [6.45, 7) is 3.98. The van der Waals surface area contributed by atoms with E-state index in [0.29, 0.717) is 29.4 Å². The highest BCUT2D eigenvalue weighted by Gasteiger charge is 2.34. The fourth-order valence-electron chi connectivity index (χ4n) is 2.59. The van der Waals surface area contributed by atoms with Crippen molar-refractivity contribution in [1.29, 1.82) is 0 Å². The summed E-state index contributed by atoms with van der Waals surface area (Å²) in [6.07, 6.45) is 3.19. The second-order valence-corrected chi connectivity index (χ2v) is 6.77. The van der Waals surface area contributed by atoms with Crippen LogP contribution in [0.4, 0.5) is 5.69 Å². The van der Waals surface area contributed by atoms with Gasteiger partial charge < -0.3 is 9.47 Å². The minimum atomic E-state index is -0.454. The van der Waals surface area contributed by atoms with Gasteiger partial charge >= 0.3 is 0 Å². The largest absolute Gasteiger partial charge is 0.493 e. The third kappa shape index (κ3) is 3.97. The molecular formula is C20H17IN2O4. The van der Waals surface area contributed by atoms with Gasteiger partial charge in [0.2, 0.25) is 0 Å². The highest BCUT2D eigenvalue weighted by atomic mass is 127. The quantitative estimate of drug-likeness (QED) is 0.301. The van der Waals surface area contributed by atoms with Crippen LogP contribution in [-0.4, -0.2) is 25.5 Å². The molecular weight excluding hydrogens is 459 g/mol. The first-order valence-electron chi connectivity index (χ1n) is 8.08. The van der Waals surface area contributed by atoms with E-state index in [0.717, 1.165) is 3.57 Å². The van der Waals surface area contributed by atoms with Crippen LogP contribution in [0.1, 0.15) is 5.56 Å². The number of halogens is 1. The molecule has 0 aliphatic carbocycles. The number of amides is 2. The molecule has 0 bridgehead atoms. The summed E-state index contributed by atoms with van der Waals surface area (Å²) >= 11 is 2.12. The Morgan fingerprint density at radius 2 is 1.96 bits per heavy atom. The number of nitrogens with zero attached hydrogens (tertiary/aromatic N) is 1. The lowest BCUT2D eigenvalue weighted by Crippen LogP contribution is -2.35. The minimum Gasteiger partial charge on any atom is -0.493 e. The maximum absolute atomic E-state index is 12.7. The van der Waals surface area contributed by atoms with Gasteiger partial charge in [-0.25, -0.2) is 5.01 Å². The first-order chi connectivity index (χ1) is 13.0. The summed E-state index contributed by atoms with van der Waals surface area (Å²) < 4.78 is 11.8. The molecule has 2 aromatic rings. The Balaban J connectivity index is 1.94. The first-order valence-corrected chi connectivity index (χ1v) is 9.16. The Kier molecular flexibility index (Phi) is 5.80. The monoisotopic (exact) mass is 476 g/mol. The molecule has 3 rings (SSSR count). The summed E-state index contributed by atoms with van der Waals surface area (Å²) in [6, 6.07) is 12.5.